The van der Waals surface area contributed by atoms with Crippen molar-refractivity contribution in [3.8, 4) is 5.75 Å². The lowest BCUT2D eigenvalue weighted by molar-refractivity contribution is 0.0691. The highest BCUT2D eigenvalue weighted by molar-refractivity contribution is 5.92. The van der Waals surface area contributed by atoms with Crippen LogP contribution in [-0.4, -0.2) is 20.9 Å². The van der Waals surface area contributed by atoms with Crippen molar-refractivity contribution in [1.29, 1.82) is 0 Å². The van der Waals surface area contributed by atoms with Crippen LogP contribution in [0, 0.1) is 0 Å². The molecule has 0 aliphatic heterocycles. The minimum atomic E-state index is -1.07. The van der Waals surface area contributed by atoms with E-state index >= 15 is 0 Å². The number of anilines is 1. The van der Waals surface area contributed by atoms with Gasteiger partial charge in [0.05, 0.1) is 5.69 Å². The molecule has 1 heterocycles. The Hall–Kier alpha value is -2.50. The smallest absolute Gasteiger partial charge is 0.339 e. The highest BCUT2D eigenvalue weighted by Crippen LogP contribution is 2.22. The van der Waals surface area contributed by atoms with E-state index in [1.165, 1.54) is 6.07 Å². The van der Waals surface area contributed by atoms with Crippen LogP contribution in [0.3, 0.4) is 0 Å². The largest absolute Gasteiger partial charge is 0.486 e. The molecule has 1 aromatic heterocycles. The number of hydrogen-bond donors (Lipinski definition) is 2. The van der Waals surface area contributed by atoms with E-state index in [2.05, 4.69) is 5.10 Å². The normalized spacial score (nSPS) is 10.3. The average molecular weight is 247 g/mol. The first-order chi connectivity index (χ1) is 8.56. The first-order valence-corrected chi connectivity index (χ1v) is 5.30. The summed E-state index contributed by atoms with van der Waals surface area (Å²) in [6.45, 7) is 0.213. The van der Waals surface area contributed by atoms with Gasteiger partial charge >= 0.3 is 5.97 Å². The summed E-state index contributed by atoms with van der Waals surface area (Å²) in [7, 11) is 1.80. The van der Waals surface area contributed by atoms with E-state index in [0.717, 1.165) is 5.69 Å². The second-order valence-electron chi connectivity index (χ2n) is 3.83. The molecule has 6 heteroatoms. The molecule has 1 aromatic carbocycles. The second-order valence-corrected chi connectivity index (χ2v) is 3.83. The third-order valence-corrected chi connectivity index (χ3v) is 2.38. The molecular formula is C12H13N3O3. The van der Waals surface area contributed by atoms with Gasteiger partial charge in [-0.1, -0.05) is 0 Å². The molecule has 0 atom stereocenters. The zero-order valence-corrected chi connectivity index (χ0v) is 9.83. The van der Waals surface area contributed by atoms with Crippen molar-refractivity contribution in [2.75, 3.05) is 5.73 Å². The van der Waals surface area contributed by atoms with E-state index < -0.39 is 5.97 Å². The molecule has 0 unspecified atom stereocenters. The highest BCUT2D eigenvalue weighted by atomic mass is 16.5. The summed E-state index contributed by atoms with van der Waals surface area (Å²) in [6.07, 6.45) is 1.79. The van der Waals surface area contributed by atoms with Gasteiger partial charge in [-0.15, -0.1) is 0 Å². The summed E-state index contributed by atoms with van der Waals surface area (Å²) in [5.74, 6) is -0.791. The maximum absolute atomic E-state index is 11.0. The summed E-state index contributed by atoms with van der Waals surface area (Å²) < 4.78 is 7.09. The molecule has 18 heavy (non-hydrogen) atoms. The van der Waals surface area contributed by atoms with Gasteiger partial charge in [0.2, 0.25) is 0 Å². The van der Waals surface area contributed by atoms with Crippen LogP contribution >= 0.6 is 0 Å². The van der Waals surface area contributed by atoms with Crippen LogP contribution in [0.5, 0.6) is 5.75 Å². The fourth-order valence-electron chi connectivity index (χ4n) is 1.53. The third kappa shape index (κ3) is 2.60. The number of ether oxygens (including phenoxy) is 1. The first kappa shape index (κ1) is 12.0. The fourth-order valence-corrected chi connectivity index (χ4v) is 1.53. The average Bonchev–Trinajstić information content (AvgIpc) is 2.73. The molecule has 2 aromatic rings. The van der Waals surface area contributed by atoms with Gasteiger partial charge in [0.25, 0.3) is 0 Å². The van der Waals surface area contributed by atoms with Crippen molar-refractivity contribution in [2.24, 2.45) is 7.05 Å². The van der Waals surface area contributed by atoms with Gasteiger partial charge in [0.15, 0.2) is 0 Å². The molecule has 0 saturated heterocycles. The number of nitrogens with two attached hydrogens (primary N) is 1. The summed E-state index contributed by atoms with van der Waals surface area (Å²) in [6, 6.07) is 6.32. The highest BCUT2D eigenvalue weighted by Gasteiger charge is 2.12. The van der Waals surface area contributed by atoms with Crippen molar-refractivity contribution < 1.29 is 14.6 Å². The van der Waals surface area contributed by atoms with Crippen LogP contribution in [0.4, 0.5) is 5.69 Å². The maximum atomic E-state index is 11.0. The van der Waals surface area contributed by atoms with Crippen LogP contribution in [0.15, 0.2) is 30.5 Å². The number of carboxylic acids is 1. The quantitative estimate of drug-likeness (QED) is 0.794. The number of hydrogen-bond acceptors (Lipinski definition) is 4. The van der Waals surface area contributed by atoms with Crippen molar-refractivity contribution in [2.45, 2.75) is 6.61 Å². The summed E-state index contributed by atoms with van der Waals surface area (Å²) >= 11 is 0. The Kier molecular flexibility index (Phi) is 3.18. The minimum absolute atomic E-state index is 0.0472. The van der Waals surface area contributed by atoms with Crippen molar-refractivity contribution >= 4 is 11.7 Å². The van der Waals surface area contributed by atoms with E-state index in [4.69, 9.17) is 15.6 Å². The lowest BCUT2D eigenvalue weighted by Gasteiger charge is -2.08. The van der Waals surface area contributed by atoms with E-state index in [0.29, 0.717) is 5.69 Å². The molecule has 6 nitrogen and oxygen atoms in total. The lowest BCUT2D eigenvalue weighted by atomic mass is 10.2. The Labute approximate surface area is 104 Å². The molecule has 0 radical (unpaired) electrons. The molecule has 3 N–H and O–H groups in total. The number of benzene rings is 1. The zero-order chi connectivity index (χ0) is 13.1. The molecule has 94 valence electrons. The number of carbonyl (C=O) groups is 1. The predicted octanol–water partition coefficient (Wildman–Crippen LogP) is 1.28. The number of carboxylic acid groups (broad SMARTS) is 1. The number of aryl methyl sites for hydroxylation is 1. The van der Waals surface area contributed by atoms with Crippen LogP contribution in [-0.2, 0) is 13.7 Å². The number of nitrogen functional groups attached to an aromatic ring is 1. The van der Waals surface area contributed by atoms with Crippen LogP contribution in [0.25, 0.3) is 0 Å². The van der Waals surface area contributed by atoms with Gasteiger partial charge in [-0.05, 0) is 24.3 Å². The van der Waals surface area contributed by atoms with E-state index in [9.17, 15) is 4.79 Å². The van der Waals surface area contributed by atoms with Crippen LogP contribution in [0.1, 0.15) is 16.1 Å². The molecule has 0 bridgehead atoms. The number of aromatic carboxylic acids is 1. The fraction of sp³-hybridized carbons (Fsp3) is 0.167. The SMILES string of the molecule is Cn1ccc(COc2ccc(N)cc2C(=O)O)n1. The molecular weight excluding hydrogens is 234 g/mol. The van der Waals surface area contributed by atoms with Gasteiger partial charge in [0.1, 0.15) is 17.9 Å². The standard InChI is InChI=1S/C12H13N3O3/c1-15-5-4-9(14-15)7-18-11-3-2-8(13)6-10(11)12(16)17/h2-6H,7,13H2,1H3,(H,16,17). The molecule has 0 aliphatic rings. The Morgan fingerprint density at radius 1 is 1.50 bits per heavy atom. The molecule has 0 fully saturated rings. The number of nitrogens with zero attached hydrogens (tertiary/aromatic N) is 2. The first-order valence-electron chi connectivity index (χ1n) is 5.30. The molecule has 0 spiro atoms. The van der Waals surface area contributed by atoms with E-state index in [1.54, 1.807) is 36.1 Å². The van der Waals surface area contributed by atoms with Gasteiger partial charge in [0, 0.05) is 18.9 Å². The monoisotopic (exact) mass is 247 g/mol. The van der Waals surface area contributed by atoms with Crippen molar-refractivity contribution in [3.63, 3.8) is 0 Å². The van der Waals surface area contributed by atoms with Crippen LogP contribution in [0.2, 0.25) is 0 Å². The Balaban J connectivity index is 2.16. The van der Waals surface area contributed by atoms with Crippen molar-refractivity contribution in [1.82, 2.24) is 9.78 Å². The molecule has 0 aliphatic carbocycles. The van der Waals surface area contributed by atoms with Crippen molar-refractivity contribution in [3.05, 3.63) is 41.7 Å². The van der Waals surface area contributed by atoms with Gasteiger partial charge in [-0.25, -0.2) is 4.79 Å². The predicted molar refractivity (Wildman–Crippen MR) is 65.4 cm³/mol. The zero-order valence-electron chi connectivity index (χ0n) is 9.83. The lowest BCUT2D eigenvalue weighted by Crippen LogP contribution is -2.05. The molecule has 0 saturated carbocycles. The molecule has 2 rings (SSSR count). The second kappa shape index (κ2) is 4.79. The van der Waals surface area contributed by atoms with Crippen LogP contribution < -0.4 is 10.5 Å². The number of rotatable bonds is 4. The van der Waals surface area contributed by atoms with Gasteiger partial charge in [-0.3, -0.25) is 4.68 Å². The summed E-state index contributed by atoms with van der Waals surface area (Å²) in [5, 5.41) is 13.2. The van der Waals surface area contributed by atoms with E-state index in [-0.39, 0.29) is 17.9 Å². The Morgan fingerprint density at radius 2 is 2.28 bits per heavy atom. The summed E-state index contributed by atoms with van der Waals surface area (Å²) in [5.41, 5.74) is 6.70. The third-order valence-electron chi connectivity index (χ3n) is 2.38. The topological polar surface area (TPSA) is 90.4 Å². The van der Waals surface area contributed by atoms with Gasteiger partial charge in [-0.2, -0.15) is 5.10 Å². The Bertz CT molecular complexity index is 578. The minimum Gasteiger partial charge on any atom is -0.486 e. The van der Waals surface area contributed by atoms with E-state index in [1.807, 2.05) is 0 Å². The van der Waals surface area contributed by atoms with Gasteiger partial charge < -0.3 is 15.6 Å². The maximum Gasteiger partial charge on any atom is 0.339 e. The number of aromatic nitrogens is 2. The Morgan fingerprint density at radius 3 is 2.89 bits per heavy atom. The summed E-state index contributed by atoms with van der Waals surface area (Å²) in [4.78, 5) is 11.0. The molecule has 0 amide bonds.